The molecule has 0 fully saturated rings. The van der Waals surface area contributed by atoms with Crippen LogP contribution in [0, 0.1) is 0 Å². The summed E-state index contributed by atoms with van der Waals surface area (Å²) in [6, 6.07) is 8.30. The van der Waals surface area contributed by atoms with Crippen LogP contribution in [0.25, 0.3) is 0 Å². The summed E-state index contributed by atoms with van der Waals surface area (Å²) in [5, 5.41) is 0.792. The molecule has 0 heterocycles. The van der Waals surface area contributed by atoms with E-state index >= 15 is 0 Å². The van der Waals surface area contributed by atoms with Gasteiger partial charge < -0.3 is 5.73 Å². The van der Waals surface area contributed by atoms with Gasteiger partial charge in [-0.1, -0.05) is 57.0 Å². The molecule has 0 aliphatic carbocycles. The summed E-state index contributed by atoms with van der Waals surface area (Å²) in [4.78, 5) is 1.25. The van der Waals surface area contributed by atoms with E-state index in [-0.39, 0.29) is 0 Å². The van der Waals surface area contributed by atoms with Gasteiger partial charge in [0.25, 0.3) is 0 Å². The molecule has 1 unspecified atom stereocenters. The molecule has 2 N–H and O–H groups in total. The molecular formula is C16H26ClNS. The van der Waals surface area contributed by atoms with Crippen molar-refractivity contribution in [2.45, 2.75) is 62.8 Å². The van der Waals surface area contributed by atoms with Gasteiger partial charge in [0.2, 0.25) is 0 Å². The first kappa shape index (κ1) is 16.9. The lowest BCUT2D eigenvalue weighted by Gasteiger charge is -2.11. The molecule has 0 saturated carbocycles. The molecule has 0 radical (unpaired) electrons. The number of halogens is 1. The Bertz CT molecular complexity index is 326. The maximum absolute atomic E-state index is 6.15. The van der Waals surface area contributed by atoms with Crippen LogP contribution in [0.3, 0.4) is 0 Å². The Morgan fingerprint density at radius 1 is 1.05 bits per heavy atom. The molecule has 19 heavy (non-hydrogen) atoms. The SMILES string of the molecule is CCCCCCCCC(N)CSc1ccc(Cl)cc1. The fraction of sp³-hybridized carbons (Fsp3) is 0.625. The number of hydrogen-bond donors (Lipinski definition) is 1. The summed E-state index contributed by atoms with van der Waals surface area (Å²) in [6.45, 7) is 2.25. The van der Waals surface area contributed by atoms with Crippen LogP contribution in [-0.2, 0) is 0 Å². The first-order valence-electron chi connectivity index (χ1n) is 7.36. The smallest absolute Gasteiger partial charge is 0.0406 e. The first-order valence-corrected chi connectivity index (χ1v) is 8.72. The zero-order valence-electron chi connectivity index (χ0n) is 11.9. The Labute approximate surface area is 127 Å². The molecule has 0 saturated heterocycles. The summed E-state index contributed by atoms with van der Waals surface area (Å²) in [5.74, 6) is 0.997. The molecule has 1 nitrogen and oxygen atoms in total. The average Bonchev–Trinajstić information content (AvgIpc) is 2.42. The summed E-state index contributed by atoms with van der Waals surface area (Å²) in [7, 11) is 0. The van der Waals surface area contributed by atoms with E-state index in [0.717, 1.165) is 17.2 Å². The van der Waals surface area contributed by atoms with Crippen LogP contribution < -0.4 is 5.73 Å². The molecule has 0 spiro atoms. The Kier molecular flexibility index (Phi) is 9.40. The number of hydrogen-bond acceptors (Lipinski definition) is 2. The normalized spacial score (nSPS) is 12.6. The lowest BCUT2D eigenvalue weighted by Crippen LogP contribution is -2.22. The van der Waals surface area contributed by atoms with Crippen molar-refractivity contribution in [2.24, 2.45) is 5.73 Å². The monoisotopic (exact) mass is 299 g/mol. The number of benzene rings is 1. The van der Waals surface area contributed by atoms with Crippen molar-refractivity contribution in [3.8, 4) is 0 Å². The van der Waals surface area contributed by atoms with Gasteiger partial charge in [0.05, 0.1) is 0 Å². The number of nitrogens with two attached hydrogens (primary N) is 1. The highest BCUT2D eigenvalue weighted by molar-refractivity contribution is 7.99. The van der Waals surface area contributed by atoms with Crippen molar-refractivity contribution < 1.29 is 0 Å². The van der Waals surface area contributed by atoms with Gasteiger partial charge in [-0.05, 0) is 30.7 Å². The van der Waals surface area contributed by atoms with E-state index in [2.05, 4.69) is 19.1 Å². The van der Waals surface area contributed by atoms with E-state index in [1.165, 1.54) is 43.4 Å². The highest BCUT2D eigenvalue weighted by Crippen LogP contribution is 2.21. The van der Waals surface area contributed by atoms with Crippen molar-refractivity contribution >= 4 is 23.4 Å². The minimum atomic E-state index is 0.312. The quantitative estimate of drug-likeness (QED) is 0.455. The number of rotatable bonds is 10. The highest BCUT2D eigenvalue weighted by atomic mass is 35.5. The van der Waals surface area contributed by atoms with Crippen LogP contribution in [0.15, 0.2) is 29.2 Å². The lowest BCUT2D eigenvalue weighted by molar-refractivity contribution is 0.557. The van der Waals surface area contributed by atoms with E-state index in [9.17, 15) is 0 Å². The molecule has 3 heteroatoms. The van der Waals surface area contributed by atoms with Gasteiger partial charge in [-0.15, -0.1) is 11.8 Å². The Morgan fingerprint density at radius 3 is 2.37 bits per heavy atom. The molecule has 108 valence electrons. The predicted octanol–water partition coefficient (Wildman–Crippen LogP) is 5.51. The van der Waals surface area contributed by atoms with Crippen LogP contribution in [0.1, 0.15) is 51.9 Å². The largest absolute Gasteiger partial charge is 0.327 e. The third-order valence-electron chi connectivity index (χ3n) is 3.21. The zero-order valence-corrected chi connectivity index (χ0v) is 13.5. The van der Waals surface area contributed by atoms with Crippen molar-refractivity contribution in [3.05, 3.63) is 29.3 Å². The van der Waals surface area contributed by atoms with E-state index in [1.54, 1.807) is 0 Å². The van der Waals surface area contributed by atoms with Crippen molar-refractivity contribution in [3.63, 3.8) is 0 Å². The van der Waals surface area contributed by atoms with E-state index in [0.29, 0.717) is 6.04 Å². The van der Waals surface area contributed by atoms with E-state index < -0.39 is 0 Å². The van der Waals surface area contributed by atoms with Crippen molar-refractivity contribution in [1.82, 2.24) is 0 Å². The van der Waals surface area contributed by atoms with Gasteiger partial charge in [-0.2, -0.15) is 0 Å². The molecule has 0 amide bonds. The first-order chi connectivity index (χ1) is 9.22. The van der Waals surface area contributed by atoms with Crippen LogP contribution in [0.5, 0.6) is 0 Å². The lowest BCUT2D eigenvalue weighted by atomic mass is 10.1. The topological polar surface area (TPSA) is 26.0 Å². The van der Waals surface area contributed by atoms with Gasteiger partial charge >= 0.3 is 0 Å². The maximum Gasteiger partial charge on any atom is 0.0406 e. The maximum atomic E-state index is 6.15. The van der Waals surface area contributed by atoms with Crippen LogP contribution >= 0.6 is 23.4 Å². The molecule has 0 bridgehead atoms. The Morgan fingerprint density at radius 2 is 1.68 bits per heavy atom. The van der Waals surface area contributed by atoms with Crippen molar-refractivity contribution in [2.75, 3.05) is 5.75 Å². The molecule has 1 rings (SSSR count). The van der Waals surface area contributed by atoms with Gasteiger partial charge in [0.15, 0.2) is 0 Å². The fourth-order valence-electron chi connectivity index (χ4n) is 2.00. The van der Waals surface area contributed by atoms with E-state index in [4.69, 9.17) is 17.3 Å². The molecule has 0 aliphatic heterocycles. The average molecular weight is 300 g/mol. The summed E-state index contributed by atoms with van der Waals surface area (Å²) in [5.41, 5.74) is 6.15. The number of thioether (sulfide) groups is 1. The summed E-state index contributed by atoms with van der Waals surface area (Å²) in [6.07, 6.45) is 9.18. The third-order valence-corrected chi connectivity index (χ3v) is 4.66. The Hall–Kier alpha value is -0.180. The van der Waals surface area contributed by atoms with Gasteiger partial charge in [-0.25, -0.2) is 0 Å². The summed E-state index contributed by atoms with van der Waals surface area (Å²) < 4.78 is 0. The Balaban J connectivity index is 2.04. The minimum absolute atomic E-state index is 0.312. The second-order valence-electron chi connectivity index (χ2n) is 5.08. The third kappa shape index (κ3) is 8.56. The van der Waals surface area contributed by atoms with Crippen LogP contribution in [-0.4, -0.2) is 11.8 Å². The van der Waals surface area contributed by atoms with E-state index in [1.807, 2.05) is 23.9 Å². The van der Waals surface area contributed by atoms with Gasteiger partial charge in [0.1, 0.15) is 0 Å². The second-order valence-corrected chi connectivity index (χ2v) is 6.61. The van der Waals surface area contributed by atoms with Crippen molar-refractivity contribution in [1.29, 1.82) is 0 Å². The van der Waals surface area contributed by atoms with Gasteiger partial charge in [0, 0.05) is 21.7 Å². The minimum Gasteiger partial charge on any atom is -0.327 e. The molecule has 1 atom stereocenters. The standard InChI is InChI=1S/C16H26ClNS/c1-2-3-4-5-6-7-8-15(18)13-19-16-11-9-14(17)10-12-16/h9-12,15H,2-8,13,18H2,1H3. The zero-order chi connectivity index (χ0) is 13.9. The van der Waals surface area contributed by atoms with Gasteiger partial charge in [-0.3, -0.25) is 0 Å². The molecular weight excluding hydrogens is 274 g/mol. The van der Waals surface area contributed by atoms with Crippen LogP contribution in [0.4, 0.5) is 0 Å². The highest BCUT2D eigenvalue weighted by Gasteiger charge is 2.03. The second kappa shape index (κ2) is 10.6. The fourth-order valence-corrected chi connectivity index (χ4v) is 3.03. The molecule has 1 aromatic carbocycles. The predicted molar refractivity (Wildman–Crippen MR) is 88.1 cm³/mol. The summed E-state index contributed by atoms with van der Waals surface area (Å²) >= 11 is 7.69. The van der Waals surface area contributed by atoms with Crippen LogP contribution in [0.2, 0.25) is 5.02 Å². The number of unbranched alkanes of at least 4 members (excludes halogenated alkanes) is 5. The molecule has 0 aromatic heterocycles. The molecule has 1 aromatic rings. The molecule has 0 aliphatic rings.